The van der Waals surface area contributed by atoms with Gasteiger partial charge in [-0.15, -0.1) is 0 Å². The van der Waals surface area contributed by atoms with Crippen LogP contribution in [0.4, 0.5) is 11.4 Å². The Balaban J connectivity index is 1.94. The molecule has 0 N–H and O–H groups in total. The number of para-hydroxylation sites is 2. The smallest absolute Gasteiger partial charge is 0.0994 e. The van der Waals surface area contributed by atoms with Gasteiger partial charge in [-0.1, -0.05) is 50.2 Å². The van der Waals surface area contributed by atoms with E-state index in [2.05, 4.69) is 61.8 Å². The molecule has 2 aromatic rings. The second kappa shape index (κ2) is 4.77. The van der Waals surface area contributed by atoms with Crippen molar-refractivity contribution in [2.45, 2.75) is 58.2 Å². The minimum Gasteiger partial charge on any atom is -0.346 e. The molecule has 0 aliphatic carbocycles. The van der Waals surface area contributed by atoms with Crippen molar-refractivity contribution in [3.63, 3.8) is 0 Å². The molecule has 0 aromatic heterocycles. The normalized spacial score (nSPS) is 30.4. The first-order valence-electron chi connectivity index (χ1n) is 9.87. The van der Waals surface area contributed by atoms with E-state index in [0.717, 1.165) is 16.9 Å². The standard InChI is InChI=1S/C21H26N2/c1-14-10-6-8-12-18(14)22-15(2)20-21(4,5)17-11-7-9-13-19(17)23(20)16(22)3/h6-13,15-16,20H,1-5H3/t15-,16?,20?/m0/s1/i3D3. The SMILES string of the molecule is [2H]C([2H])([2H])C1N2c3ccccc3C(C)(C)C2[C@H](C)N1c1ccccc1C. The minimum absolute atomic E-state index is 0.0870. The molecule has 0 saturated carbocycles. The van der Waals surface area contributed by atoms with Gasteiger partial charge in [-0.3, -0.25) is 0 Å². The fourth-order valence-electron chi connectivity index (χ4n) is 4.73. The Morgan fingerprint density at radius 1 is 0.957 bits per heavy atom. The fourth-order valence-corrected chi connectivity index (χ4v) is 4.73. The van der Waals surface area contributed by atoms with Gasteiger partial charge in [0.05, 0.1) is 12.2 Å². The topological polar surface area (TPSA) is 6.48 Å². The summed E-state index contributed by atoms with van der Waals surface area (Å²) in [5.41, 5.74) is 4.32. The van der Waals surface area contributed by atoms with Crippen LogP contribution in [-0.4, -0.2) is 18.2 Å². The number of benzene rings is 2. The van der Waals surface area contributed by atoms with E-state index in [4.69, 9.17) is 4.11 Å². The maximum absolute atomic E-state index is 8.34. The summed E-state index contributed by atoms with van der Waals surface area (Å²) in [6, 6.07) is 16.6. The molecule has 1 saturated heterocycles. The van der Waals surface area contributed by atoms with Crippen LogP contribution < -0.4 is 9.80 Å². The number of anilines is 2. The summed E-state index contributed by atoms with van der Waals surface area (Å²) in [5, 5.41) is 0. The number of fused-ring (bicyclic) bond motifs is 3. The van der Waals surface area contributed by atoms with E-state index >= 15 is 0 Å². The highest BCUT2D eigenvalue weighted by molar-refractivity contribution is 5.71. The molecule has 2 heteroatoms. The van der Waals surface area contributed by atoms with Crippen LogP contribution in [-0.2, 0) is 5.41 Å². The third kappa shape index (κ3) is 1.81. The lowest BCUT2D eigenvalue weighted by molar-refractivity contribution is 0.411. The van der Waals surface area contributed by atoms with Gasteiger partial charge in [-0.25, -0.2) is 0 Å². The van der Waals surface area contributed by atoms with Gasteiger partial charge in [0.1, 0.15) is 0 Å². The Morgan fingerprint density at radius 3 is 2.30 bits per heavy atom. The molecule has 2 aliphatic heterocycles. The highest BCUT2D eigenvalue weighted by atomic mass is 15.5. The highest BCUT2D eigenvalue weighted by Crippen LogP contribution is 2.52. The van der Waals surface area contributed by atoms with Crippen molar-refractivity contribution < 1.29 is 4.11 Å². The molecule has 1 fully saturated rings. The zero-order valence-electron chi connectivity index (χ0n) is 17.2. The quantitative estimate of drug-likeness (QED) is 0.752. The fraction of sp³-hybridized carbons (Fsp3) is 0.429. The highest BCUT2D eigenvalue weighted by Gasteiger charge is 2.55. The van der Waals surface area contributed by atoms with Crippen molar-refractivity contribution in [3.05, 3.63) is 59.7 Å². The van der Waals surface area contributed by atoms with Gasteiger partial charge < -0.3 is 9.80 Å². The molecule has 0 radical (unpaired) electrons. The molecule has 2 nitrogen and oxygen atoms in total. The molecule has 2 aromatic carbocycles. The van der Waals surface area contributed by atoms with Crippen LogP contribution in [0.5, 0.6) is 0 Å². The summed E-state index contributed by atoms with van der Waals surface area (Å²) in [6.07, 6.45) is -0.661. The van der Waals surface area contributed by atoms with Crippen molar-refractivity contribution in [1.29, 1.82) is 0 Å². The van der Waals surface area contributed by atoms with Crippen LogP contribution in [0.1, 0.15) is 42.9 Å². The van der Waals surface area contributed by atoms with E-state index in [1.807, 2.05) is 24.3 Å². The van der Waals surface area contributed by atoms with Crippen LogP contribution >= 0.6 is 0 Å². The molecule has 4 rings (SSSR count). The van der Waals surface area contributed by atoms with Crippen molar-refractivity contribution in [1.82, 2.24) is 0 Å². The average Bonchev–Trinajstić information content (AvgIpc) is 3.00. The monoisotopic (exact) mass is 309 g/mol. The molecule has 0 bridgehead atoms. The Morgan fingerprint density at radius 2 is 1.61 bits per heavy atom. The lowest BCUT2D eigenvalue weighted by Crippen LogP contribution is -2.44. The van der Waals surface area contributed by atoms with Gasteiger partial charge in [-0.05, 0) is 44.0 Å². The van der Waals surface area contributed by atoms with E-state index in [1.54, 1.807) is 0 Å². The second-order valence-corrected chi connectivity index (χ2v) is 7.40. The lowest BCUT2D eigenvalue weighted by atomic mass is 9.78. The van der Waals surface area contributed by atoms with Gasteiger partial charge in [0, 0.05) is 26.9 Å². The summed E-state index contributed by atoms with van der Waals surface area (Å²) < 4.78 is 25.0. The average molecular weight is 309 g/mol. The van der Waals surface area contributed by atoms with Gasteiger partial charge in [0.25, 0.3) is 0 Å². The molecule has 120 valence electrons. The molecular formula is C21H26N2. The molecule has 23 heavy (non-hydrogen) atoms. The number of hydrogen-bond donors (Lipinski definition) is 0. The number of hydrogen-bond acceptors (Lipinski definition) is 2. The van der Waals surface area contributed by atoms with Crippen molar-refractivity contribution in [2.75, 3.05) is 9.80 Å². The van der Waals surface area contributed by atoms with Crippen molar-refractivity contribution in [3.8, 4) is 0 Å². The zero-order valence-corrected chi connectivity index (χ0v) is 14.2. The Kier molecular flexibility index (Phi) is 2.40. The van der Waals surface area contributed by atoms with Gasteiger partial charge in [0.15, 0.2) is 0 Å². The van der Waals surface area contributed by atoms with E-state index in [9.17, 15) is 0 Å². The van der Waals surface area contributed by atoms with Crippen molar-refractivity contribution in [2.24, 2.45) is 0 Å². The summed E-state index contributed by atoms with van der Waals surface area (Å²) in [7, 11) is 0. The van der Waals surface area contributed by atoms with Gasteiger partial charge in [0.2, 0.25) is 0 Å². The first-order chi connectivity index (χ1) is 12.2. The van der Waals surface area contributed by atoms with Gasteiger partial charge in [-0.2, -0.15) is 0 Å². The Labute approximate surface area is 143 Å². The van der Waals surface area contributed by atoms with E-state index in [0.29, 0.717) is 0 Å². The Hall–Kier alpha value is -1.96. The number of aryl methyl sites for hydroxylation is 1. The molecule has 2 unspecified atom stereocenters. The predicted octanol–water partition coefficient (Wildman–Crippen LogP) is 4.72. The van der Waals surface area contributed by atoms with Crippen LogP contribution in [0, 0.1) is 6.92 Å². The van der Waals surface area contributed by atoms with Crippen molar-refractivity contribution >= 4 is 11.4 Å². The maximum atomic E-state index is 8.34. The van der Waals surface area contributed by atoms with E-state index in [1.165, 1.54) is 5.56 Å². The lowest BCUT2D eigenvalue weighted by Gasteiger charge is -2.34. The predicted molar refractivity (Wildman–Crippen MR) is 98.3 cm³/mol. The number of nitrogens with zero attached hydrogens (tertiary/aromatic N) is 2. The molecule has 2 aliphatic rings. The number of rotatable bonds is 1. The van der Waals surface area contributed by atoms with Crippen LogP contribution in [0.25, 0.3) is 0 Å². The van der Waals surface area contributed by atoms with E-state index < -0.39 is 13.0 Å². The minimum atomic E-state index is -2.11. The van der Waals surface area contributed by atoms with Crippen LogP contribution in [0.2, 0.25) is 0 Å². The summed E-state index contributed by atoms with van der Waals surface area (Å²) in [5.74, 6) is 0. The summed E-state index contributed by atoms with van der Waals surface area (Å²) >= 11 is 0. The first-order valence-corrected chi connectivity index (χ1v) is 8.37. The second-order valence-electron chi connectivity index (χ2n) is 7.40. The largest absolute Gasteiger partial charge is 0.346 e. The molecule has 0 amide bonds. The molecule has 2 heterocycles. The van der Waals surface area contributed by atoms with Gasteiger partial charge >= 0.3 is 0 Å². The Bertz CT molecular complexity index is 843. The molecular weight excluding hydrogens is 280 g/mol. The zero-order chi connectivity index (χ0) is 18.9. The van der Waals surface area contributed by atoms with Crippen LogP contribution in [0.3, 0.4) is 0 Å². The summed E-state index contributed by atoms with van der Waals surface area (Å²) in [4.78, 5) is 4.30. The molecule has 3 atom stereocenters. The third-order valence-electron chi connectivity index (χ3n) is 5.73. The maximum Gasteiger partial charge on any atom is 0.0994 e. The van der Waals surface area contributed by atoms with E-state index in [-0.39, 0.29) is 17.5 Å². The van der Waals surface area contributed by atoms with Crippen LogP contribution in [0.15, 0.2) is 48.5 Å². The summed E-state index contributed by atoms with van der Waals surface area (Å²) in [6.45, 7) is 6.60. The first kappa shape index (κ1) is 11.6. The third-order valence-corrected chi connectivity index (χ3v) is 5.73. The molecule has 0 spiro atoms.